The van der Waals surface area contributed by atoms with Gasteiger partial charge in [-0.25, -0.2) is 0 Å². The van der Waals surface area contributed by atoms with Gasteiger partial charge in [0.2, 0.25) is 5.91 Å². The molecule has 9 heteroatoms. The minimum atomic E-state index is -0.233. The van der Waals surface area contributed by atoms with Crippen LogP contribution in [-0.2, 0) is 24.2 Å². The van der Waals surface area contributed by atoms with E-state index in [0.717, 1.165) is 22.9 Å². The van der Waals surface area contributed by atoms with Crippen LogP contribution >= 0.6 is 0 Å². The van der Waals surface area contributed by atoms with Crippen LogP contribution in [0.3, 0.4) is 0 Å². The molecule has 0 spiro atoms. The smallest absolute Gasteiger partial charge is 0.268 e. The molecule has 41 heavy (non-hydrogen) atoms. The van der Waals surface area contributed by atoms with Gasteiger partial charge in [0.15, 0.2) is 5.96 Å². The van der Waals surface area contributed by atoms with E-state index in [2.05, 4.69) is 46.3 Å². The van der Waals surface area contributed by atoms with Gasteiger partial charge in [0.1, 0.15) is 11.4 Å². The molecule has 5 rings (SSSR count). The molecule has 0 bridgehead atoms. The summed E-state index contributed by atoms with van der Waals surface area (Å²) in [5, 5.41) is 28.5. The number of anilines is 1. The standard InChI is InChI=1S/C32H32N6O3/c33-32(34)36-15-14-35-31(41)29-20-25-19-26(37-30(40)18-21-6-10-27(39)11-7-21)9-12-28(25)38(29)16-13-22-5-8-23-3-1-2-4-24(23)17-22/h1-12,17,19-20,39H,13-16,18H2,(H,35,41)(H,37,40)(H4,33,34,36). The van der Waals surface area contributed by atoms with Gasteiger partial charge in [-0.3, -0.25) is 15.0 Å². The average Bonchev–Trinajstić information content (AvgIpc) is 3.33. The Hall–Kier alpha value is -5.31. The maximum absolute atomic E-state index is 13.2. The van der Waals surface area contributed by atoms with Crippen LogP contribution in [-0.4, -0.2) is 40.5 Å². The van der Waals surface area contributed by atoms with Crippen molar-refractivity contribution in [3.63, 3.8) is 0 Å². The maximum Gasteiger partial charge on any atom is 0.268 e. The molecular formula is C32H32N6O3. The predicted octanol–water partition coefficient (Wildman–Crippen LogP) is 4.14. The van der Waals surface area contributed by atoms with Crippen molar-refractivity contribution in [2.45, 2.75) is 19.4 Å². The van der Waals surface area contributed by atoms with Crippen molar-refractivity contribution in [1.29, 1.82) is 5.41 Å². The second-order valence-electron chi connectivity index (χ2n) is 9.87. The minimum Gasteiger partial charge on any atom is -0.508 e. The number of hydrogen-bond donors (Lipinski definition) is 6. The van der Waals surface area contributed by atoms with Gasteiger partial charge < -0.3 is 31.4 Å². The molecule has 0 aliphatic rings. The number of aromatic nitrogens is 1. The number of amides is 2. The third-order valence-electron chi connectivity index (χ3n) is 6.88. The molecule has 7 N–H and O–H groups in total. The Morgan fingerprint density at radius 1 is 0.805 bits per heavy atom. The van der Waals surface area contributed by atoms with Crippen molar-refractivity contribution >= 4 is 45.1 Å². The molecule has 1 aromatic heterocycles. The number of benzene rings is 4. The molecule has 2 amide bonds. The molecule has 208 valence electrons. The SMILES string of the molecule is N=C(N)NCCNC(=O)c1cc2cc(NC(=O)Cc3ccc(O)cc3)ccc2n1CCc1ccc2ccccc2c1. The van der Waals surface area contributed by atoms with Crippen molar-refractivity contribution < 1.29 is 14.7 Å². The van der Waals surface area contributed by atoms with Crippen molar-refractivity contribution in [1.82, 2.24) is 15.2 Å². The molecule has 0 aliphatic heterocycles. The van der Waals surface area contributed by atoms with Crippen molar-refractivity contribution in [2.75, 3.05) is 18.4 Å². The van der Waals surface area contributed by atoms with E-state index in [4.69, 9.17) is 11.1 Å². The minimum absolute atomic E-state index is 0.149. The van der Waals surface area contributed by atoms with Crippen molar-refractivity contribution in [2.24, 2.45) is 5.73 Å². The van der Waals surface area contributed by atoms with Gasteiger partial charge in [0.05, 0.1) is 6.42 Å². The first kappa shape index (κ1) is 27.3. The number of guanidine groups is 1. The number of rotatable bonds is 10. The summed E-state index contributed by atoms with van der Waals surface area (Å²) in [6.45, 7) is 1.24. The molecule has 5 aromatic rings. The lowest BCUT2D eigenvalue weighted by atomic mass is 10.1. The van der Waals surface area contributed by atoms with Crippen molar-refractivity contribution in [3.8, 4) is 5.75 Å². The normalized spacial score (nSPS) is 10.9. The van der Waals surface area contributed by atoms with Crippen LogP contribution in [0, 0.1) is 5.41 Å². The lowest BCUT2D eigenvalue weighted by Crippen LogP contribution is -2.38. The Balaban J connectivity index is 1.37. The van der Waals surface area contributed by atoms with Crippen LogP contribution < -0.4 is 21.7 Å². The zero-order valence-corrected chi connectivity index (χ0v) is 22.5. The summed E-state index contributed by atoms with van der Waals surface area (Å²) in [6, 6.07) is 28.6. The molecule has 1 heterocycles. The Morgan fingerprint density at radius 3 is 2.32 bits per heavy atom. The van der Waals surface area contributed by atoms with Crippen LogP contribution in [0.1, 0.15) is 21.6 Å². The quantitative estimate of drug-likeness (QED) is 0.0883. The zero-order chi connectivity index (χ0) is 28.8. The molecule has 0 unspecified atom stereocenters. The fraction of sp³-hybridized carbons (Fsp3) is 0.156. The van der Waals surface area contributed by atoms with Crippen LogP contribution in [0.4, 0.5) is 5.69 Å². The van der Waals surface area contributed by atoms with Gasteiger partial charge >= 0.3 is 0 Å². The topological polar surface area (TPSA) is 145 Å². The summed E-state index contributed by atoms with van der Waals surface area (Å²) in [4.78, 5) is 25.9. The van der Waals surface area contributed by atoms with E-state index in [9.17, 15) is 14.7 Å². The monoisotopic (exact) mass is 548 g/mol. The highest BCUT2D eigenvalue weighted by Crippen LogP contribution is 2.25. The average molecular weight is 549 g/mol. The number of aryl methyl sites for hydroxylation is 2. The number of fused-ring (bicyclic) bond motifs is 2. The van der Waals surface area contributed by atoms with Crippen molar-refractivity contribution in [3.05, 3.63) is 108 Å². The van der Waals surface area contributed by atoms with Gasteiger partial charge in [0.25, 0.3) is 5.91 Å². The van der Waals surface area contributed by atoms with Crippen LogP contribution in [0.25, 0.3) is 21.7 Å². The summed E-state index contributed by atoms with van der Waals surface area (Å²) in [7, 11) is 0. The third-order valence-corrected chi connectivity index (χ3v) is 6.88. The lowest BCUT2D eigenvalue weighted by molar-refractivity contribution is -0.115. The molecule has 0 fully saturated rings. The van der Waals surface area contributed by atoms with E-state index >= 15 is 0 Å². The first-order valence-corrected chi connectivity index (χ1v) is 13.4. The molecule has 4 aromatic carbocycles. The number of nitrogens with zero attached hydrogens (tertiary/aromatic N) is 1. The van der Waals surface area contributed by atoms with Gasteiger partial charge in [-0.1, -0.05) is 54.6 Å². The van der Waals surface area contributed by atoms with Crippen LogP contribution in [0.15, 0.2) is 91.0 Å². The number of nitrogens with two attached hydrogens (primary N) is 1. The first-order valence-electron chi connectivity index (χ1n) is 13.4. The summed E-state index contributed by atoms with van der Waals surface area (Å²) >= 11 is 0. The highest BCUT2D eigenvalue weighted by Gasteiger charge is 2.17. The largest absolute Gasteiger partial charge is 0.508 e. The summed E-state index contributed by atoms with van der Waals surface area (Å²) in [5.74, 6) is -0.409. The second-order valence-corrected chi connectivity index (χ2v) is 9.87. The van der Waals surface area contributed by atoms with Gasteiger partial charge in [-0.2, -0.15) is 0 Å². The molecule has 0 radical (unpaired) electrons. The summed E-state index contributed by atoms with van der Waals surface area (Å²) in [6.07, 6.45) is 0.902. The number of carbonyl (C=O) groups is 2. The molecule has 0 saturated heterocycles. The first-order chi connectivity index (χ1) is 19.9. The number of phenolic OH excluding ortho intramolecular Hbond substituents is 1. The van der Waals surface area contributed by atoms with Gasteiger partial charge in [-0.15, -0.1) is 0 Å². The molecule has 0 aliphatic carbocycles. The number of carbonyl (C=O) groups excluding carboxylic acids is 2. The highest BCUT2D eigenvalue weighted by atomic mass is 16.3. The van der Waals surface area contributed by atoms with E-state index in [-0.39, 0.29) is 29.9 Å². The number of aromatic hydroxyl groups is 1. The van der Waals surface area contributed by atoms with E-state index in [0.29, 0.717) is 31.0 Å². The third kappa shape index (κ3) is 6.83. The Morgan fingerprint density at radius 2 is 1.54 bits per heavy atom. The molecular weight excluding hydrogens is 516 g/mol. The second kappa shape index (κ2) is 12.3. The fourth-order valence-electron chi connectivity index (χ4n) is 4.88. The lowest BCUT2D eigenvalue weighted by Gasteiger charge is -2.12. The van der Waals surface area contributed by atoms with Gasteiger partial charge in [0, 0.05) is 36.2 Å². The highest BCUT2D eigenvalue weighted by molar-refractivity contribution is 6.01. The summed E-state index contributed by atoms with van der Waals surface area (Å²) < 4.78 is 2.00. The van der Waals surface area contributed by atoms with Crippen LogP contribution in [0.5, 0.6) is 5.75 Å². The van der Waals surface area contributed by atoms with Crippen LogP contribution in [0.2, 0.25) is 0 Å². The predicted molar refractivity (Wildman–Crippen MR) is 162 cm³/mol. The van der Waals surface area contributed by atoms with E-state index in [1.54, 1.807) is 24.3 Å². The zero-order valence-electron chi connectivity index (χ0n) is 22.5. The number of hydrogen-bond acceptors (Lipinski definition) is 4. The van der Waals surface area contributed by atoms with E-state index in [1.807, 2.05) is 41.0 Å². The number of nitrogens with one attached hydrogen (secondary N) is 4. The fourth-order valence-corrected chi connectivity index (χ4v) is 4.88. The maximum atomic E-state index is 13.2. The Kier molecular flexibility index (Phi) is 8.15. The Labute approximate surface area is 237 Å². The van der Waals surface area contributed by atoms with E-state index in [1.165, 1.54) is 16.3 Å². The van der Waals surface area contributed by atoms with Gasteiger partial charge in [-0.05, 0) is 64.7 Å². The summed E-state index contributed by atoms with van der Waals surface area (Å²) in [5.41, 5.74) is 9.32. The Bertz CT molecular complexity index is 1730. The number of phenols is 1. The van der Waals surface area contributed by atoms with E-state index < -0.39 is 0 Å². The molecule has 0 saturated carbocycles. The molecule has 9 nitrogen and oxygen atoms in total. The molecule has 0 atom stereocenters.